The highest BCUT2D eigenvalue weighted by atomic mass is 79.9. The van der Waals surface area contributed by atoms with Crippen LogP contribution in [0.15, 0.2) is 76.3 Å². The number of benzene rings is 2. The van der Waals surface area contributed by atoms with Gasteiger partial charge in [0.15, 0.2) is 5.82 Å². The molecule has 5 aromatic rings. The summed E-state index contributed by atoms with van der Waals surface area (Å²) in [6.07, 6.45) is 7.58. The van der Waals surface area contributed by atoms with Gasteiger partial charge in [-0.1, -0.05) is 62.7 Å². The van der Waals surface area contributed by atoms with Crippen molar-refractivity contribution in [2.24, 2.45) is 0 Å². The molecule has 5 rings (SSSR count). The molecule has 0 fully saturated rings. The standard InChI is InChI=1S/C28H28BrN7O/c1-3-5-10-22-18-36(26-19(4-2)9-8-13-25(26)29)28(37)35(22)17-21-15-14-20(16-30-21)23-11-6-7-12-24(23)27-31-33-34-32-27/h6-9,11-16,18H,3-5,10,17H2,1-2H3,(H,31,32,33,34). The summed E-state index contributed by atoms with van der Waals surface area (Å²) in [5, 5.41) is 14.3. The average Bonchev–Trinajstić information content (AvgIpc) is 3.57. The fourth-order valence-electron chi connectivity index (χ4n) is 4.58. The highest BCUT2D eigenvalue weighted by Gasteiger charge is 2.17. The molecular weight excluding hydrogens is 530 g/mol. The molecule has 37 heavy (non-hydrogen) atoms. The monoisotopic (exact) mass is 557 g/mol. The van der Waals surface area contributed by atoms with Crippen LogP contribution in [-0.2, 0) is 19.4 Å². The van der Waals surface area contributed by atoms with Gasteiger partial charge in [-0.2, -0.15) is 0 Å². The van der Waals surface area contributed by atoms with E-state index in [9.17, 15) is 4.79 Å². The van der Waals surface area contributed by atoms with Crippen LogP contribution in [0.5, 0.6) is 0 Å². The first-order chi connectivity index (χ1) is 18.1. The van der Waals surface area contributed by atoms with Crippen LogP contribution in [-0.4, -0.2) is 34.7 Å². The van der Waals surface area contributed by atoms with Gasteiger partial charge in [-0.05, 0) is 68.9 Å². The number of aromatic amines is 1. The second-order valence-corrected chi connectivity index (χ2v) is 9.75. The lowest BCUT2D eigenvalue weighted by Gasteiger charge is -2.10. The van der Waals surface area contributed by atoms with Crippen LogP contribution < -0.4 is 5.69 Å². The van der Waals surface area contributed by atoms with E-state index in [0.717, 1.165) is 69.5 Å². The lowest BCUT2D eigenvalue weighted by molar-refractivity contribution is 0.664. The molecule has 0 bridgehead atoms. The molecule has 188 valence electrons. The zero-order valence-electron chi connectivity index (χ0n) is 20.9. The summed E-state index contributed by atoms with van der Waals surface area (Å²) in [4.78, 5) is 18.4. The van der Waals surface area contributed by atoms with Gasteiger partial charge in [0.1, 0.15) is 0 Å². The number of para-hydroxylation sites is 1. The SMILES string of the molecule is CCCCc1cn(-c2c(Br)cccc2CC)c(=O)n1Cc1ccc(-c2ccccc2-c2nnn[nH]2)cn1. The van der Waals surface area contributed by atoms with Crippen LogP contribution >= 0.6 is 15.9 Å². The molecule has 0 spiro atoms. The van der Waals surface area contributed by atoms with Crippen molar-refractivity contribution in [3.05, 3.63) is 98.9 Å². The number of rotatable bonds is 9. The van der Waals surface area contributed by atoms with Crippen molar-refractivity contribution in [1.29, 1.82) is 0 Å². The Hall–Kier alpha value is -3.85. The van der Waals surface area contributed by atoms with E-state index in [1.54, 1.807) is 4.57 Å². The van der Waals surface area contributed by atoms with Gasteiger partial charge in [-0.15, -0.1) is 5.10 Å². The van der Waals surface area contributed by atoms with Crippen molar-refractivity contribution in [3.63, 3.8) is 0 Å². The molecule has 0 atom stereocenters. The third-order valence-electron chi connectivity index (χ3n) is 6.52. The van der Waals surface area contributed by atoms with Gasteiger partial charge in [-0.25, -0.2) is 9.89 Å². The number of H-pyrrole nitrogens is 1. The number of unbranched alkanes of at least 4 members (excludes halogenated alkanes) is 1. The van der Waals surface area contributed by atoms with Gasteiger partial charge in [0.2, 0.25) is 0 Å². The smallest absolute Gasteiger partial charge is 0.290 e. The minimum atomic E-state index is -0.0539. The molecule has 2 aromatic carbocycles. The molecule has 1 N–H and O–H groups in total. The van der Waals surface area contributed by atoms with E-state index in [-0.39, 0.29) is 5.69 Å². The Morgan fingerprint density at radius 3 is 2.54 bits per heavy atom. The highest BCUT2D eigenvalue weighted by Crippen LogP contribution is 2.29. The molecular formula is C28H28BrN7O. The molecule has 0 amide bonds. The third kappa shape index (κ3) is 5.04. The molecule has 0 radical (unpaired) electrons. The normalized spacial score (nSPS) is 11.2. The van der Waals surface area contributed by atoms with E-state index < -0.39 is 0 Å². The lowest BCUT2D eigenvalue weighted by Crippen LogP contribution is -2.25. The van der Waals surface area contributed by atoms with Crippen molar-refractivity contribution >= 4 is 15.9 Å². The third-order valence-corrected chi connectivity index (χ3v) is 7.16. The van der Waals surface area contributed by atoms with Crippen molar-refractivity contribution in [2.45, 2.75) is 46.1 Å². The summed E-state index contributed by atoms with van der Waals surface area (Å²) in [7, 11) is 0. The van der Waals surface area contributed by atoms with Crippen LogP contribution in [0.2, 0.25) is 0 Å². The zero-order valence-corrected chi connectivity index (χ0v) is 22.4. The second kappa shape index (κ2) is 11.0. The Labute approximate surface area is 223 Å². The van der Waals surface area contributed by atoms with Gasteiger partial charge in [0, 0.05) is 33.7 Å². The van der Waals surface area contributed by atoms with Gasteiger partial charge >= 0.3 is 5.69 Å². The van der Waals surface area contributed by atoms with E-state index in [2.05, 4.69) is 56.5 Å². The number of aryl methyl sites for hydroxylation is 2. The van der Waals surface area contributed by atoms with Crippen LogP contribution in [0.25, 0.3) is 28.2 Å². The number of tetrazole rings is 1. The number of hydrogen-bond acceptors (Lipinski definition) is 5. The quantitative estimate of drug-likeness (QED) is 0.254. The summed E-state index contributed by atoms with van der Waals surface area (Å²) in [5.74, 6) is 0.603. The fourth-order valence-corrected chi connectivity index (χ4v) is 5.18. The number of pyridine rings is 1. The van der Waals surface area contributed by atoms with Gasteiger partial charge in [0.05, 0.1) is 17.9 Å². The topological polar surface area (TPSA) is 94.3 Å². The van der Waals surface area contributed by atoms with Crippen LogP contribution in [0.4, 0.5) is 0 Å². The molecule has 8 nitrogen and oxygen atoms in total. The summed E-state index contributed by atoms with van der Waals surface area (Å²) < 4.78 is 4.55. The first-order valence-corrected chi connectivity index (χ1v) is 13.3. The maximum Gasteiger partial charge on any atom is 0.333 e. The second-order valence-electron chi connectivity index (χ2n) is 8.90. The van der Waals surface area contributed by atoms with Gasteiger partial charge < -0.3 is 0 Å². The maximum atomic E-state index is 13.7. The summed E-state index contributed by atoms with van der Waals surface area (Å²) >= 11 is 3.67. The van der Waals surface area contributed by atoms with E-state index >= 15 is 0 Å². The van der Waals surface area contributed by atoms with Crippen LogP contribution in [0.3, 0.4) is 0 Å². The van der Waals surface area contributed by atoms with Crippen LogP contribution in [0.1, 0.15) is 43.6 Å². The maximum absolute atomic E-state index is 13.7. The van der Waals surface area contributed by atoms with E-state index in [4.69, 9.17) is 4.98 Å². The van der Waals surface area contributed by atoms with Gasteiger partial charge in [0.25, 0.3) is 0 Å². The number of halogens is 1. The first kappa shape index (κ1) is 24.8. The molecule has 0 unspecified atom stereocenters. The molecule has 3 aromatic heterocycles. The Kier molecular flexibility index (Phi) is 7.41. The average molecular weight is 558 g/mol. The first-order valence-electron chi connectivity index (χ1n) is 12.5. The highest BCUT2D eigenvalue weighted by molar-refractivity contribution is 9.10. The Morgan fingerprint density at radius 1 is 1.00 bits per heavy atom. The predicted octanol–water partition coefficient (Wildman–Crippen LogP) is 5.60. The Bertz CT molecular complexity index is 1550. The molecule has 0 saturated carbocycles. The number of nitrogens with one attached hydrogen (secondary N) is 1. The molecule has 0 aliphatic heterocycles. The Balaban J connectivity index is 1.50. The predicted molar refractivity (Wildman–Crippen MR) is 148 cm³/mol. The molecule has 0 aliphatic rings. The Morgan fingerprint density at radius 2 is 1.84 bits per heavy atom. The van der Waals surface area contributed by atoms with Crippen LogP contribution in [0, 0.1) is 0 Å². The minimum Gasteiger partial charge on any atom is -0.290 e. The lowest BCUT2D eigenvalue weighted by atomic mass is 10.0. The van der Waals surface area contributed by atoms with E-state index in [0.29, 0.717) is 12.4 Å². The zero-order chi connectivity index (χ0) is 25.8. The summed E-state index contributed by atoms with van der Waals surface area (Å²) in [6, 6.07) is 18.0. The molecule has 3 heterocycles. The minimum absolute atomic E-state index is 0.0539. The summed E-state index contributed by atoms with van der Waals surface area (Å²) in [5.41, 5.74) is 6.65. The van der Waals surface area contributed by atoms with Crippen molar-refractivity contribution < 1.29 is 0 Å². The number of hydrogen-bond donors (Lipinski definition) is 1. The van der Waals surface area contributed by atoms with E-state index in [1.807, 2.05) is 65.5 Å². The largest absolute Gasteiger partial charge is 0.333 e. The summed E-state index contributed by atoms with van der Waals surface area (Å²) in [6.45, 7) is 4.67. The van der Waals surface area contributed by atoms with Crippen molar-refractivity contribution in [2.75, 3.05) is 0 Å². The van der Waals surface area contributed by atoms with Crippen molar-refractivity contribution in [1.82, 2.24) is 34.7 Å². The fraction of sp³-hybridized carbons (Fsp3) is 0.250. The molecule has 0 aliphatic carbocycles. The van der Waals surface area contributed by atoms with Gasteiger partial charge in [-0.3, -0.25) is 14.1 Å². The van der Waals surface area contributed by atoms with Crippen molar-refractivity contribution in [3.8, 4) is 28.2 Å². The van der Waals surface area contributed by atoms with E-state index in [1.165, 1.54) is 0 Å². The molecule has 9 heteroatoms. The number of aromatic nitrogens is 7. The number of nitrogens with zero attached hydrogens (tertiary/aromatic N) is 6. The number of imidazole rings is 1. The molecule has 0 saturated heterocycles.